The molecule has 0 aliphatic carbocycles. The van der Waals surface area contributed by atoms with E-state index in [0.717, 1.165) is 5.56 Å². The van der Waals surface area contributed by atoms with Gasteiger partial charge in [0.25, 0.3) is 0 Å². The van der Waals surface area contributed by atoms with Crippen LogP contribution in [0.25, 0.3) is 11.3 Å². The smallest absolute Gasteiger partial charge is 0.236 e. The highest BCUT2D eigenvalue weighted by Gasteiger charge is 2.46. The molecule has 36 heavy (non-hydrogen) atoms. The van der Waals surface area contributed by atoms with Crippen LogP contribution in [0.2, 0.25) is 0 Å². The Hall–Kier alpha value is -3.71. The Morgan fingerprint density at radius 1 is 1.19 bits per heavy atom. The van der Waals surface area contributed by atoms with Gasteiger partial charge in [-0.2, -0.15) is 0 Å². The average Bonchev–Trinajstić information content (AvgIpc) is 2.89. The minimum absolute atomic E-state index is 0.115. The van der Waals surface area contributed by atoms with Crippen LogP contribution in [-0.2, 0) is 25.0 Å². The summed E-state index contributed by atoms with van der Waals surface area (Å²) in [5, 5.41) is 0. The highest BCUT2D eigenvalue weighted by atomic mass is 32.2. The van der Waals surface area contributed by atoms with E-state index in [4.69, 9.17) is 15.2 Å². The Labute approximate surface area is 208 Å². The summed E-state index contributed by atoms with van der Waals surface area (Å²) in [6.45, 7) is 4.08. The van der Waals surface area contributed by atoms with Gasteiger partial charge in [-0.15, -0.1) is 0 Å². The SMILES string of the molecule is CCOc1cncc(-c2ccc(C3CC(C(N)=O)(c4ccnc(NS(=O)(=O)CC)n4)CCO3)nc2)n1. The molecule has 1 aliphatic rings. The second-order valence-electron chi connectivity index (χ2n) is 8.18. The maximum absolute atomic E-state index is 12.8. The van der Waals surface area contributed by atoms with Gasteiger partial charge in [-0.1, -0.05) is 0 Å². The van der Waals surface area contributed by atoms with Gasteiger partial charge in [-0.25, -0.2) is 23.4 Å². The summed E-state index contributed by atoms with van der Waals surface area (Å²) in [4.78, 5) is 34.2. The van der Waals surface area contributed by atoms with E-state index in [1.54, 1.807) is 30.7 Å². The predicted molar refractivity (Wildman–Crippen MR) is 130 cm³/mol. The van der Waals surface area contributed by atoms with Crippen LogP contribution in [-0.4, -0.2) is 58.2 Å². The molecular weight excluding hydrogens is 486 g/mol. The third-order valence-electron chi connectivity index (χ3n) is 5.94. The topological polar surface area (TPSA) is 172 Å². The Balaban J connectivity index is 1.60. The lowest BCUT2D eigenvalue weighted by Crippen LogP contribution is -2.47. The van der Waals surface area contributed by atoms with Crippen LogP contribution < -0.4 is 15.2 Å². The molecule has 190 valence electrons. The molecule has 3 aromatic heterocycles. The molecule has 0 saturated carbocycles. The van der Waals surface area contributed by atoms with Gasteiger partial charge in [0.05, 0.1) is 47.3 Å². The van der Waals surface area contributed by atoms with Crippen molar-refractivity contribution in [2.45, 2.75) is 38.2 Å². The van der Waals surface area contributed by atoms with Gasteiger partial charge < -0.3 is 15.2 Å². The Morgan fingerprint density at radius 3 is 2.72 bits per heavy atom. The van der Waals surface area contributed by atoms with E-state index in [-0.39, 0.29) is 31.1 Å². The molecule has 3 aromatic rings. The van der Waals surface area contributed by atoms with Crippen molar-refractivity contribution >= 4 is 21.9 Å². The van der Waals surface area contributed by atoms with E-state index in [1.165, 1.54) is 13.1 Å². The first-order chi connectivity index (χ1) is 17.3. The number of primary amides is 1. The van der Waals surface area contributed by atoms with Crippen molar-refractivity contribution in [1.82, 2.24) is 24.9 Å². The van der Waals surface area contributed by atoms with Crippen molar-refractivity contribution in [1.29, 1.82) is 0 Å². The number of pyridine rings is 1. The first-order valence-corrected chi connectivity index (χ1v) is 13.1. The van der Waals surface area contributed by atoms with Crippen molar-refractivity contribution in [2.24, 2.45) is 5.73 Å². The van der Waals surface area contributed by atoms with Gasteiger partial charge in [-0.05, 0) is 44.9 Å². The summed E-state index contributed by atoms with van der Waals surface area (Å²) in [7, 11) is -3.59. The molecule has 2 atom stereocenters. The number of anilines is 1. The molecule has 1 saturated heterocycles. The maximum atomic E-state index is 12.8. The van der Waals surface area contributed by atoms with Crippen LogP contribution in [0, 0.1) is 0 Å². The van der Waals surface area contributed by atoms with Gasteiger partial charge in [-0.3, -0.25) is 19.5 Å². The third kappa shape index (κ3) is 5.41. The van der Waals surface area contributed by atoms with Crippen molar-refractivity contribution < 1.29 is 22.7 Å². The second kappa shape index (κ2) is 10.5. The number of sulfonamides is 1. The van der Waals surface area contributed by atoms with E-state index >= 15 is 0 Å². The van der Waals surface area contributed by atoms with Crippen LogP contribution in [0.15, 0.2) is 43.0 Å². The number of rotatable bonds is 9. The largest absolute Gasteiger partial charge is 0.477 e. The highest BCUT2D eigenvalue weighted by Crippen LogP contribution is 2.42. The molecule has 0 spiro atoms. The number of aromatic nitrogens is 5. The zero-order valence-electron chi connectivity index (χ0n) is 19.9. The molecule has 13 heteroatoms. The van der Waals surface area contributed by atoms with Gasteiger partial charge >= 0.3 is 0 Å². The van der Waals surface area contributed by atoms with Gasteiger partial charge in [0.15, 0.2) is 0 Å². The minimum atomic E-state index is -3.59. The van der Waals surface area contributed by atoms with E-state index in [0.29, 0.717) is 29.6 Å². The Kier molecular flexibility index (Phi) is 7.40. The fourth-order valence-corrected chi connectivity index (χ4v) is 4.48. The lowest BCUT2D eigenvalue weighted by Gasteiger charge is -2.38. The first kappa shape index (κ1) is 25.4. The first-order valence-electron chi connectivity index (χ1n) is 11.4. The number of nitrogens with one attached hydrogen (secondary N) is 1. The lowest BCUT2D eigenvalue weighted by atomic mass is 9.73. The van der Waals surface area contributed by atoms with Crippen molar-refractivity contribution in [2.75, 3.05) is 23.7 Å². The van der Waals surface area contributed by atoms with Crippen LogP contribution in [0.1, 0.15) is 44.2 Å². The van der Waals surface area contributed by atoms with Gasteiger partial charge in [0, 0.05) is 24.6 Å². The van der Waals surface area contributed by atoms with Crippen molar-refractivity contribution in [3.8, 4) is 17.1 Å². The molecule has 3 N–H and O–H groups in total. The zero-order valence-corrected chi connectivity index (χ0v) is 20.7. The zero-order chi connectivity index (χ0) is 25.8. The van der Waals surface area contributed by atoms with E-state index < -0.39 is 27.4 Å². The monoisotopic (exact) mass is 513 g/mol. The Bertz CT molecular complexity index is 1340. The molecule has 0 aromatic carbocycles. The molecular formula is C23H27N7O5S. The van der Waals surface area contributed by atoms with Gasteiger partial charge in [0.2, 0.25) is 27.8 Å². The third-order valence-corrected chi connectivity index (χ3v) is 7.20. The number of hydrogen-bond acceptors (Lipinski definition) is 10. The fourth-order valence-electron chi connectivity index (χ4n) is 3.96. The van der Waals surface area contributed by atoms with Crippen molar-refractivity contribution in [3.05, 3.63) is 54.4 Å². The molecule has 0 radical (unpaired) electrons. The quantitative estimate of drug-likeness (QED) is 0.429. The molecule has 12 nitrogen and oxygen atoms in total. The Morgan fingerprint density at radius 2 is 2.03 bits per heavy atom. The van der Waals surface area contributed by atoms with Gasteiger partial charge in [0.1, 0.15) is 6.10 Å². The summed E-state index contributed by atoms with van der Waals surface area (Å²) in [5.74, 6) is -0.415. The minimum Gasteiger partial charge on any atom is -0.477 e. The summed E-state index contributed by atoms with van der Waals surface area (Å²) in [6.07, 6.45) is 6.15. The number of amides is 1. The average molecular weight is 514 g/mol. The number of carbonyl (C=O) groups excluding carboxylic acids is 1. The molecule has 4 heterocycles. The molecule has 2 unspecified atom stereocenters. The highest BCUT2D eigenvalue weighted by molar-refractivity contribution is 7.92. The number of nitrogens with zero attached hydrogens (tertiary/aromatic N) is 5. The summed E-state index contributed by atoms with van der Waals surface area (Å²) >= 11 is 0. The fraction of sp³-hybridized carbons (Fsp3) is 0.391. The molecule has 0 bridgehead atoms. The van der Waals surface area contributed by atoms with Crippen LogP contribution >= 0.6 is 0 Å². The van der Waals surface area contributed by atoms with Crippen LogP contribution in [0.4, 0.5) is 5.95 Å². The summed E-state index contributed by atoms with van der Waals surface area (Å²) in [6, 6.07) is 5.21. The number of nitrogens with two attached hydrogens (primary N) is 1. The number of carbonyl (C=O) groups is 1. The van der Waals surface area contributed by atoms with Crippen LogP contribution in [0.3, 0.4) is 0 Å². The second-order valence-corrected chi connectivity index (χ2v) is 10.2. The lowest BCUT2D eigenvalue weighted by molar-refractivity contribution is -0.130. The molecule has 1 fully saturated rings. The predicted octanol–water partition coefficient (Wildman–Crippen LogP) is 1.76. The standard InChI is InChI=1S/C23H27N7O5S/c1-3-34-20-14-25-13-17(28-20)15-5-6-16(27-12-15)18-11-23(21(24)31,8-10-35-18)19-7-9-26-22(29-19)30-36(32,33)4-2/h5-7,9,12-14,18H,3-4,8,10-11H2,1-2H3,(H2,24,31)(H,26,29,30). The molecule has 1 aliphatic heterocycles. The van der Waals surface area contributed by atoms with Crippen LogP contribution in [0.5, 0.6) is 5.88 Å². The normalized spacial score (nSPS) is 20.0. The summed E-state index contributed by atoms with van der Waals surface area (Å²) < 4.78 is 37.6. The van der Waals surface area contributed by atoms with E-state index in [1.807, 2.05) is 13.0 Å². The summed E-state index contributed by atoms with van der Waals surface area (Å²) in [5.41, 5.74) is 6.98. The van der Waals surface area contributed by atoms with E-state index in [9.17, 15) is 13.2 Å². The molecule has 1 amide bonds. The number of hydrogen-bond donors (Lipinski definition) is 2. The van der Waals surface area contributed by atoms with E-state index in [2.05, 4.69) is 29.6 Å². The molecule has 4 rings (SSSR count). The maximum Gasteiger partial charge on any atom is 0.236 e. The van der Waals surface area contributed by atoms with Crippen molar-refractivity contribution in [3.63, 3.8) is 0 Å². The number of ether oxygens (including phenoxy) is 2.